The van der Waals surface area contributed by atoms with Crippen molar-refractivity contribution >= 4 is 21.9 Å². The normalized spacial score (nSPS) is 27.9. The molecule has 3 heterocycles. The summed E-state index contributed by atoms with van der Waals surface area (Å²) < 4.78 is 49.1. The topological polar surface area (TPSA) is 132 Å². The highest BCUT2D eigenvalue weighted by Crippen LogP contribution is 2.35. The van der Waals surface area contributed by atoms with Gasteiger partial charge in [0.1, 0.15) is 19.3 Å². The highest BCUT2D eigenvalue weighted by atomic mass is 32.2. The van der Waals surface area contributed by atoms with Gasteiger partial charge >= 0.3 is 5.97 Å². The number of amides is 1. The Balaban J connectivity index is 1.44. The first kappa shape index (κ1) is 23.7. The van der Waals surface area contributed by atoms with E-state index in [1.807, 2.05) is 13.8 Å². The molecule has 1 N–H and O–H groups in total. The molecule has 0 aliphatic carbocycles. The molecular weight excluding hydrogens is 456 g/mol. The molecule has 0 radical (unpaired) electrons. The lowest BCUT2D eigenvalue weighted by molar-refractivity contribution is -0.159. The van der Waals surface area contributed by atoms with Gasteiger partial charge in [0.15, 0.2) is 18.1 Å². The first-order chi connectivity index (χ1) is 15.6. The molecule has 2 fully saturated rings. The number of sulfonamides is 1. The average molecular weight is 485 g/mol. The Morgan fingerprint density at radius 3 is 2.45 bits per heavy atom. The van der Waals surface area contributed by atoms with Gasteiger partial charge in [0.25, 0.3) is 5.91 Å². The van der Waals surface area contributed by atoms with E-state index in [9.17, 15) is 23.1 Å². The molecule has 0 saturated carbocycles. The number of hydrogen-bond donors (Lipinski definition) is 1. The van der Waals surface area contributed by atoms with Gasteiger partial charge in [-0.15, -0.1) is 0 Å². The Kier molecular flexibility index (Phi) is 6.80. The van der Waals surface area contributed by atoms with E-state index in [-0.39, 0.29) is 36.0 Å². The van der Waals surface area contributed by atoms with Gasteiger partial charge in [-0.3, -0.25) is 9.59 Å². The van der Waals surface area contributed by atoms with E-state index >= 15 is 0 Å². The van der Waals surface area contributed by atoms with E-state index in [0.717, 1.165) is 4.31 Å². The second-order valence-corrected chi connectivity index (χ2v) is 10.3. The van der Waals surface area contributed by atoms with Gasteiger partial charge in [-0.25, -0.2) is 8.42 Å². The molecule has 2 saturated heterocycles. The standard InChI is InChI=1S/C21H28N2O9S/c1-13-9-22(10-14(2)32-13)20(25)12-31-21(26)17-7-15(24)11-23(17)33(27,28)16-3-4-18-19(8-16)30-6-5-29-18/h3-4,8,13-15,17,24H,5-7,9-12H2,1-2H3/t13-,14-,15-,17+/m1/s1. The number of carbonyl (C=O) groups excluding carboxylic acids is 2. The van der Waals surface area contributed by atoms with Crippen LogP contribution in [-0.4, -0.2) is 98.4 Å². The summed E-state index contributed by atoms with van der Waals surface area (Å²) in [5.74, 6) is -0.538. The van der Waals surface area contributed by atoms with Crippen LogP contribution in [0.3, 0.4) is 0 Å². The zero-order valence-corrected chi connectivity index (χ0v) is 19.3. The molecular formula is C21H28N2O9S. The van der Waals surface area contributed by atoms with Gasteiger partial charge in [0.2, 0.25) is 10.0 Å². The van der Waals surface area contributed by atoms with Crippen molar-refractivity contribution in [3.05, 3.63) is 18.2 Å². The zero-order chi connectivity index (χ0) is 23.8. The van der Waals surface area contributed by atoms with Crippen LogP contribution in [0, 0.1) is 0 Å². The molecule has 1 amide bonds. The van der Waals surface area contributed by atoms with Crippen molar-refractivity contribution in [1.29, 1.82) is 0 Å². The maximum atomic E-state index is 13.3. The summed E-state index contributed by atoms with van der Waals surface area (Å²) in [7, 11) is -4.15. The van der Waals surface area contributed by atoms with Crippen molar-refractivity contribution in [2.24, 2.45) is 0 Å². The Morgan fingerprint density at radius 2 is 1.76 bits per heavy atom. The summed E-state index contributed by atoms with van der Waals surface area (Å²) in [4.78, 5) is 26.7. The number of ether oxygens (including phenoxy) is 4. The molecule has 33 heavy (non-hydrogen) atoms. The van der Waals surface area contributed by atoms with Crippen molar-refractivity contribution in [3.8, 4) is 11.5 Å². The minimum absolute atomic E-state index is 0.0916. The van der Waals surface area contributed by atoms with Crippen LogP contribution in [0.5, 0.6) is 11.5 Å². The second kappa shape index (κ2) is 9.45. The van der Waals surface area contributed by atoms with Gasteiger partial charge in [0, 0.05) is 32.1 Å². The summed E-state index contributed by atoms with van der Waals surface area (Å²) >= 11 is 0. The SMILES string of the molecule is C[C@@H]1CN(C(=O)COC(=O)[C@@H]2C[C@@H](O)CN2S(=O)(=O)c2ccc3c(c2)OCCO3)C[C@@H](C)O1. The average Bonchev–Trinajstić information content (AvgIpc) is 3.19. The van der Waals surface area contributed by atoms with Crippen LogP contribution < -0.4 is 9.47 Å². The second-order valence-electron chi connectivity index (χ2n) is 8.45. The molecule has 1 aromatic rings. The Morgan fingerprint density at radius 1 is 1.09 bits per heavy atom. The smallest absolute Gasteiger partial charge is 0.325 e. The largest absolute Gasteiger partial charge is 0.486 e. The number of aliphatic hydroxyl groups excluding tert-OH is 1. The molecule has 12 heteroatoms. The van der Waals surface area contributed by atoms with Gasteiger partial charge in [-0.1, -0.05) is 0 Å². The van der Waals surface area contributed by atoms with Crippen molar-refractivity contribution < 1.29 is 42.1 Å². The van der Waals surface area contributed by atoms with Crippen LogP contribution in [-0.2, 0) is 29.1 Å². The molecule has 4 rings (SSSR count). The number of fused-ring (bicyclic) bond motifs is 1. The number of aliphatic hydroxyl groups is 1. The minimum atomic E-state index is -4.15. The van der Waals surface area contributed by atoms with Crippen molar-refractivity contribution in [2.45, 2.75) is 49.5 Å². The lowest BCUT2D eigenvalue weighted by Crippen LogP contribution is -2.50. The van der Waals surface area contributed by atoms with E-state index in [4.69, 9.17) is 18.9 Å². The Hall–Kier alpha value is -2.41. The van der Waals surface area contributed by atoms with Gasteiger partial charge in [0.05, 0.1) is 23.2 Å². The predicted molar refractivity (Wildman–Crippen MR) is 113 cm³/mol. The van der Waals surface area contributed by atoms with Gasteiger partial charge in [-0.05, 0) is 26.0 Å². The molecule has 182 valence electrons. The fourth-order valence-corrected chi connectivity index (χ4v) is 5.93. The Bertz CT molecular complexity index is 1000. The first-order valence-corrected chi connectivity index (χ1v) is 12.3. The number of carbonyl (C=O) groups is 2. The van der Waals surface area contributed by atoms with Crippen LogP contribution in [0.25, 0.3) is 0 Å². The lowest BCUT2D eigenvalue weighted by Gasteiger charge is -2.35. The van der Waals surface area contributed by atoms with E-state index < -0.39 is 34.7 Å². The van der Waals surface area contributed by atoms with E-state index in [1.54, 1.807) is 4.90 Å². The van der Waals surface area contributed by atoms with Crippen LogP contribution in [0.1, 0.15) is 20.3 Å². The van der Waals surface area contributed by atoms with Crippen LogP contribution >= 0.6 is 0 Å². The molecule has 3 aliphatic heterocycles. The van der Waals surface area contributed by atoms with Crippen molar-refractivity contribution in [1.82, 2.24) is 9.21 Å². The van der Waals surface area contributed by atoms with Crippen LogP contribution in [0.2, 0.25) is 0 Å². The number of β-amino-alcohol motifs (C(OH)–C–C–N with tert-alkyl or cyclic N) is 1. The third kappa shape index (κ3) is 5.08. The number of hydrogen-bond acceptors (Lipinski definition) is 9. The Labute approximate surface area is 192 Å². The van der Waals surface area contributed by atoms with E-state index in [2.05, 4.69) is 0 Å². The van der Waals surface area contributed by atoms with E-state index in [0.29, 0.717) is 37.8 Å². The fourth-order valence-electron chi connectivity index (χ4n) is 4.29. The third-order valence-corrected chi connectivity index (χ3v) is 7.61. The molecule has 0 unspecified atom stereocenters. The first-order valence-electron chi connectivity index (χ1n) is 10.8. The number of morpholine rings is 1. The van der Waals surface area contributed by atoms with E-state index in [1.165, 1.54) is 18.2 Å². The summed E-state index contributed by atoms with van der Waals surface area (Å²) in [5, 5.41) is 10.1. The number of rotatable bonds is 5. The monoisotopic (exact) mass is 484 g/mol. The molecule has 11 nitrogen and oxygen atoms in total. The fraction of sp³-hybridized carbons (Fsp3) is 0.619. The number of esters is 1. The number of benzene rings is 1. The maximum Gasteiger partial charge on any atom is 0.325 e. The third-order valence-electron chi connectivity index (χ3n) is 5.74. The quantitative estimate of drug-likeness (QED) is 0.563. The molecule has 0 aromatic heterocycles. The number of nitrogens with zero attached hydrogens (tertiary/aromatic N) is 2. The minimum Gasteiger partial charge on any atom is -0.486 e. The van der Waals surface area contributed by atoms with Crippen molar-refractivity contribution in [3.63, 3.8) is 0 Å². The summed E-state index contributed by atoms with van der Waals surface area (Å²) in [6.07, 6.45) is -1.43. The van der Waals surface area contributed by atoms with Crippen LogP contribution in [0.4, 0.5) is 0 Å². The molecule has 0 bridgehead atoms. The summed E-state index contributed by atoms with van der Waals surface area (Å²) in [5.41, 5.74) is 0. The van der Waals surface area contributed by atoms with Gasteiger partial charge < -0.3 is 29.0 Å². The summed E-state index contributed by atoms with van der Waals surface area (Å²) in [6, 6.07) is 2.94. The molecule has 4 atom stereocenters. The maximum absolute atomic E-state index is 13.3. The van der Waals surface area contributed by atoms with Crippen LogP contribution in [0.15, 0.2) is 23.1 Å². The van der Waals surface area contributed by atoms with Gasteiger partial charge in [-0.2, -0.15) is 4.31 Å². The van der Waals surface area contributed by atoms with Crippen molar-refractivity contribution in [2.75, 3.05) is 39.5 Å². The highest BCUT2D eigenvalue weighted by molar-refractivity contribution is 7.89. The summed E-state index contributed by atoms with van der Waals surface area (Å²) in [6.45, 7) is 4.35. The molecule has 1 aromatic carbocycles. The highest BCUT2D eigenvalue weighted by Gasteiger charge is 2.45. The zero-order valence-electron chi connectivity index (χ0n) is 18.5. The lowest BCUT2D eigenvalue weighted by atomic mass is 10.2. The molecule has 0 spiro atoms. The molecule has 3 aliphatic rings. The predicted octanol–water partition coefficient (Wildman–Crippen LogP) is -0.239.